The molecule has 3 rings (SSSR count). The van der Waals surface area contributed by atoms with Crippen LogP contribution in [0.4, 0.5) is 5.69 Å². The Morgan fingerprint density at radius 2 is 1.71 bits per heavy atom. The van der Waals surface area contributed by atoms with Gasteiger partial charge in [-0.1, -0.05) is 0 Å². The molecule has 24 heavy (non-hydrogen) atoms. The first-order valence-corrected chi connectivity index (χ1v) is 8.59. The van der Waals surface area contributed by atoms with Crippen molar-refractivity contribution in [2.45, 2.75) is 4.90 Å². The zero-order valence-corrected chi connectivity index (χ0v) is 14.0. The van der Waals surface area contributed by atoms with Crippen LogP contribution in [0.15, 0.2) is 59.8 Å². The molecule has 0 aliphatic rings. The topological polar surface area (TPSA) is 86.1 Å². The van der Waals surface area contributed by atoms with Crippen LogP contribution in [0.1, 0.15) is 0 Å². The summed E-state index contributed by atoms with van der Waals surface area (Å²) >= 11 is 0. The minimum Gasteiger partial charge on any atom is -0.497 e. The lowest BCUT2D eigenvalue weighted by Gasteiger charge is -2.09. The summed E-state index contributed by atoms with van der Waals surface area (Å²) in [5.41, 5.74) is 1.32. The van der Waals surface area contributed by atoms with E-state index >= 15 is 0 Å². The number of hydrogen-bond acceptors (Lipinski definition) is 5. The van der Waals surface area contributed by atoms with Crippen molar-refractivity contribution in [3.05, 3.63) is 54.9 Å². The van der Waals surface area contributed by atoms with Crippen LogP contribution in [0.3, 0.4) is 0 Å². The van der Waals surface area contributed by atoms with Crippen LogP contribution in [-0.4, -0.2) is 30.3 Å². The van der Waals surface area contributed by atoms with Crippen LogP contribution < -0.4 is 9.46 Å². The maximum Gasteiger partial charge on any atom is 0.261 e. The quantitative estimate of drug-likeness (QED) is 0.767. The molecule has 7 nitrogen and oxygen atoms in total. The van der Waals surface area contributed by atoms with Gasteiger partial charge in [0.2, 0.25) is 0 Å². The Labute approximate surface area is 140 Å². The van der Waals surface area contributed by atoms with Crippen LogP contribution in [0, 0.1) is 0 Å². The molecule has 0 atom stereocenters. The highest BCUT2D eigenvalue weighted by atomic mass is 32.2. The van der Waals surface area contributed by atoms with Gasteiger partial charge in [-0.05, 0) is 48.5 Å². The van der Waals surface area contributed by atoms with Crippen LogP contribution in [0.25, 0.3) is 11.4 Å². The molecule has 1 N–H and O–H groups in total. The Bertz CT molecular complexity index is 932. The molecule has 0 aliphatic carbocycles. The molecule has 0 unspecified atom stereocenters. The predicted molar refractivity (Wildman–Crippen MR) is 90.2 cm³/mol. The fourth-order valence-electron chi connectivity index (χ4n) is 2.20. The maximum atomic E-state index is 12.4. The van der Waals surface area contributed by atoms with E-state index in [9.17, 15) is 8.42 Å². The van der Waals surface area contributed by atoms with Crippen molar-refractivity contribution in [2.75, 3.05) is 11.8 Å². The van der Waals surface area contributed by atoms with Gasteiger partial charge in [0.25, 0.3) is 10.0 Å². The van der Waals surface area contributed by atoms with E-state index in [-0.39, 0.29) is 4.90 Å². The first-order valence-electron chi connectivity index (χ1n) is 7.11. The SMILES string of the molecule is COc1ccc(S(=O)(=O)Nc2ccc(-c3nncn3C)cc2)cc1. The van der Waals surface area contributed by atoms with Gasteiger partial charge >= 0.3 is 0 Å². The van der Waals surface area contributed by atoms with Gasteiger partial charge in [0, 0.05) is 18.3 Å². The third-order valence-corrected chi connectivity index (χ3v) is 4.87. The number of methoxy groups -OCH3 is 1. The minimum atomic E-state index is -3.65. The number of aryl methyl sites for hydroxylation is 1. The first kappa shape index (κ1) is 16.0. The largest absolute Gasteiger partial charge is 0.497 e. The molecular weight excluding hydrogens is 328 g/mol. The molecule has 0 radical (unpaired) electrons. The van der Waals surface area contributed by atoms with Gasteiger partial charge in [-0.25, -0.2) is 8.42 Å². The second-order valence-electron chi connectivity index (χ2n) is 5.12. The average molecular weight is 344 g/mol. The van der Waals surface area contributed by atoms with Crippen LogP contribution in [-0.2, 0) is 17.1 Å². The van der Waals surface area contributed by atoms with Crippen molar-refractivity contribution >= 4 is 15.7 Å². The van der Waals surface area contributed by atoms with E-state index in [2.05, 4.69) is 14.9 Å². The van der Waals surface area contributed by atoms with Crippen molar-refractivity contribution in [1.82, 2.24) is 14.8 Å². The molecule has 0 spiro atoms. The van der Waals surface area contributed by atoms with Crippen molar-refractivity contribution in [3.8, 4) is 17.1 Å². The fourth-order valence-corrected chi connectivity index (χ4v) is 3.26. The first-order chi connectivity index (χ1) is 11.5. The lowest BCUT2D eigenvalue weighted by atomic mass is 10.2. The molecule has 0 fully saturated rings. The number of hydrogen-bond donors (Lipinski definition) is 1. The molecule has 2 aromatic carbocycles. The Hall–Kier alpha value is -2.87. The van der Waals surface area contributed by atoms with Gasteiger partial charge in [-0.3, -0.25) is 4.72 Å². The van der Waals surface area contributed by atoms with Crippen molar-refractivity contribution < 1.29 is 13.2 Å². The predicted octanol–water partition coefficient (Wildman–Crippen LogP) is 2.29. The van der Waals surface area contributed by atoms with Gasteiger partial charge in [0.05, 0.1) is 12.0 Å². The highest BCUT2D eigenvalue weighted by molar-refractivity contribution is 7.92. The highest BCUT2D eigenvalue weighted by Gasteiger charge is 2.14. The molecule has 0 saturated carbocycles. The lowest BCUT2D eigenvalue weighted by Crippen LogP contribution is -2.12. The summed E-state index contributed by atoms with van der Waals surface area (Å²) in [6.45, 7) is 0. The molecule has 124 valence electrons. The lowest BCUT2D eigenvalue weighted by molar-refractivity contribution is 0.414. The second-order valence-corrected chi connectivity index (χ2v) is 6.81. The normalized spacial score (nSPS) is 11.2. The zero-order valence-electron chi connectivity index (χ0n) is 13.2. The molecule has 0 aliphatic heterocycles. The molecule has 3 aromatic rings. The number of rotatable bonds is 5. The number of aromatic nitrogens is 3. The Kier molecular flexibility index (Phi) is 4.22. The van der Waals surface area contributed by atoms with Crippen molar-refractivity contribution in [2.24, 2.45) is 7.05 Å². The van der Waals surface area contributed by atoms with Crippen LogP contribution in [0.2, 0.25) is 0 Å². The third kappa shape index (κ3) is 3.23. The van der Waals surface area contributed by atoms with Crippen molar-refractivity contribution in [3.63, 3.8) is 0 Å². The Morgan fingerprint density at radius 1 is 1.04 bits per heavy atom. The Morgan fingerprint density at radius 3 is 2.25 bits per heavy atom. The highest BCUT2D eigenvalue weighted by Crippen LogP contribution is 2.22. The van der Waals surface area contributed by atoms with E-state index in [4.69, 9.17) is 4.74 Å². The number of nitrogens with zero attached hydrogens (tertiary/aromatic N) is 3. The van der Waals surface area contributed by atoms with Crippen molar-refractivity contribution in [1.29, 1.82) is 0 Å². The molecule has 1 heterocycles. The van der Waals surface area contributed by atoms with E-state index in [1.54, 1.807) is 47.3 Å². The number of benzene rings is 2. The fraction of sp³-hybridized carbons (Fsp3) is 0.125. The summed E-state index contributed by atoms with van der Waals surface area (Å²) < 4.78 is 34.1. The number of anilines is 1. The summed E-state index contributed by atoms with van der Waals surface area (Å²) in [7, 11) is -0.281. The standard InChI is InChI=1S/C16H16N4O3S/c1-20-11-17-18-16(20)12-3-5-13(6-4-12)19-24(21,22)15-9-7-14(23-2)8-10-15/h3-11,19H,1-2H3. The summed E-state index contributed by atoms with van der Waals surface area (Å²) in [5, 5.41) is 7.84. The summed E-state index contributed by atoms with van der Waals surface area (Å²) in [6, 6.07) is 13.1. The summed E-state index contributed by atoms with van der Waals surface area (Å²) in [6.07, 6.45) is 1.61. The van der Waals surface area contributed by atoms with Gasteiger partial charge in [0.1, 0.15) is 12.1 Å². The number of ether oxygens (including phenoxy) is 1. The molecule has 0 bridgehead atoms. The minimum absolute atomic E-state index is 0.167. The van der Waals surface area contributed by atoms with Gasteiger partial charge < -0.3 is 9.30 Å². The Balaban J connectivity index is 1.81. The van der Waals surface area contributed by atoms with Crippen LogP contribution in [0.5, 0.6) is 5.75 Å². The van der Waals surface area contributed by atoms with E-state index in [0.29, 0.717) is 17.3 Å². The van der Waals surface area contributed by atoms with Gasteiger partial charge in [-0.2, -0.15) is 0 Å². The van der Waals surface area contributed by atoms with Gasteiger partial charge in [-0.15, -0.1) is 10.2 Å². The number of sulfonamides is 1. The monoisotopic (exact) mass is 344 g/mol. The zero-order chi connectivity index (χ0) is 17.2. The molecule has 1 aromatic heterocycles. The van der Waals surface area contributed by atoms with E-state index in [1.165, 1.54) is 19.2 Å². The van der Waals surface area contributed by atoms with E-state index in [1.807, 2.05) is 7.05 Å². The average Bonchev–Trinajstić information content (AvgIpc) is 3.01. The molecule has 8 heteroatoms. The smallest absolute Gasteiger partial charge is 0.261 e. The van der Waals surface area contributed by atoms with Crippen LogP contribution >= 0.6 is 0 Å². The van der Waals surface area contributed by atoms with Gasteiger partial charge in [0.15, 0.2) is 5.82 Å². The summed E-state index contributed by atoms with van der Waals surface area (Å²) in [4.78, 5) is 0.167. The molecule has 0 amide bonds. The third-order valence-electron chi connectivity index (χ3n) is 3.48. The molecule has 0 saturated heterocycles. The maximum absolute atomic E-state index is 12.4. The second kappa shape index (κ2) is 6.32. The molecular formula is C16H16N4O3S. The van der Waals surface area contributed by atoms with E-state index in [0.717, 1.165) is 5.56 Å². The summed E-state index contributed by atoms with van der Waals surface area (Å²) in [5.74, 6) is 1.31. The number of nitrogens with one attached hydrogen (secondary N) is 1. The van der Waals surface area contributed by atoms with E-state index < -0.39 is 10.0 Å².